The largest absolute Gasteiger partial charge is 0.481 e. The molecule has 1 aliphatic rings. The number of carboxylic acids is 1. The second-order valence-electron chi connectivity index (χ2n) is 8.33. The topological polar surface area (TPSA) is 93.6 Å². The number of ether oxygens (including phenoxy) is 2. The predicted molar refractivity (Wildman–Crippen MR) is 125 cm³/mol. The Morgan fingerprint density at radius 2 is 1.91 bits per heavy atom. The van der Waals surface area contributed by atoms with E-state index in [0.29, 0.717) is 24.5 Å². The molecule has 1 aliphatic heterocycles. The van der Waals surface area contributed by atoms with Crippen LogP contribution in [-0.4, -0.2) is 40.9 Å². The number of hydrogen-bond donors (Lipinski definition) is 2. The van der Waals surface area contributed by atoms with Crippen molar-refractivity contribution in [1.29, 1.82) is 0 Å². The molecule has 0 amide bonds. The Hall–Kier alpha value is -2.67. The first-order chi connectivity index (χ1) is 15.5. The van der Waals surface area contributed by atoms with E-state index < -0.39 is 5.97 Å². The molecule has 0 aliphatic carbocycles. The standard InChI is InChI=1S/C25H35N3O4/c1-4-17(14-24(29)30)19-7-8-22(21(5-2)18-9-11-31-12-10-18)23(13-19)28-20-15-26-25(27-16-20)32-6-3/h7-8,13,15-18,21,28H,4-6,9-12,14H2,1-3H3,(H,29,30). The van der Waals surface area contributed by atoms with E-state index in [1.54, 1.807) is 12.4 Å². The quantitative estimate of drug-likeness (QED) is 0.475. The smallest absolute Gasteiger partial charge is 0.316 e. The maximum Gasteiger partial charge on any atom is 0.316 e. The summed E-state index contributed by atoms with van der Waals surface area (Å²) >= 11 is 0. The van der Waals surface area contributed by atoms with Crippen LogP contribution in [0, 0.1) is 5.92 Å². The van der Waals surface area contributed by atoms with Gasteiger partial charge in [-0.15, -0.1) is 0 Å². The number of nitrogens with one attached hydrogen (secondary N) is 1. The van der Waals surface area contributed by atoms with Gasteiger partial charge in [0.1, 0.15) is 0 Å². The molecule has 32 heavy (non-hydrogen) atoms. The van der Waals surface area contributed by atoms with E-state index in [9.17, 15) is 9.90 Å². The Balaban J connectivity index is 1.96. The molecule has 2 aromatic rings. The molecule has 2 unspecified atom stereocenters. The van der Waals surface area contributed by atoms with Crippen molar-refractivity contribution >= 4 is 17.3 Å². The van der Waals surface area contributed by atoms with E-state index >= 15 is 0 Å². The van der Waals surface area contributed by atoms with E-state index in [-0.39, 0.29) is 12.3 Å². The highest BCUT2D eigenvalue weighted by Gasteiger charge is 2.27. The minimum absolute atomic E-state index is 0.0261. The summed E-state index contributed by atoms with van der Waals surface area (Å²) in [4.78, 5) is 19.9. The van der Waals surface area contributed by atoms with Gasteiger partial charge in [0, 0.05) is 18.9 Å². The molecule has 2 N–H and O–H groups in total. The van der Waals surface area contributed by atoms with Crippen molar-refractivity contribution < 1.29 is 19.4 Å². The van der Waals surface area contributed by atoms with E-state index in [0.717, 1.165) is 55.8 Å². The van der Waals surface area contributed by atoms with Gasteiger partial charge in [-0.05, 0) is 67.6 Å². The molecule has 1 aromatic carbocycles. The molecule has 174 valence electrons. The monoisotopic (exact) mass is 441 g/mol. The summed E-state index contributed by atoms with van der Waals surface area (Å²) in [6.45, 7) is 8.30. The third kappa shape index (κ3) is 6.19. The second-order valence-corrected chi connectivity index (χ2v) is 8.33. The molecule has 2 atom stereocenters. The predicted octanol–water partition coefficient (Wildman–Crippen LogP) is 5.51. The van der Waals surface area contributed by atoms with Gasteiger partial charge < -0.3 is 19.9 Å². The summed E-state index contributed by atoms with van der Waals surface area (Å²) in [5.41, 5.74) is 4.06. The SMILES string of the molecule is CCOc1ncc(Nc2cc(C(CC)CC(=O)O)ccc2C(CC)C2CCOCC2)cn1. The van der Waals surface area contributed by atoms with E-state index in [1.807, 2.05) is 13.8 Å². The number of rotatable bonds is 11. The number of carbonyl (C=O) groups is 1. The number of anilines is 2. The number of benzene rings is 1. The fourth-order valence-corrected chi connectivity index (χ4v) is 4.63. The summed E-state index contributed by atoms with van der Waals surface area (Å²) in [5.74, 6) is 0.169. The van der Waals surface area contributed by atoms with Crippen LogP contribution in [0.5, 0.6) is 6.01 Å². The average Bonchev–Trinajstić information content (AvgIpc) is 2.81. The molecule has 1 fully saturated rings. The number of aliphatic carboxylic acids is 1. The van der Waals surface area contributed by atoms with E-state index in [2.05, 4.69) is 40.4 Å². The van der Waals surface area contributed by atoms with Crippen molar-refractivity contribution in [2.24, 2.45) is 5.92 Å². The highest BCUT2D eigenvalue weighted by molar-refractivity contribution is 5.69. The Morgan fingerprint density at radius 1 is 1.19 bits per heavy atom. The van der Waals surface area contributed by atoms with Crippen LogP contribution in [0.25, 0.3) is 0 Å². The van der Waals surface area contributed by atoms with Crippen molar-refractivity contribution in [2.45, 2.75) is 64.7 Å². The maximum atomic E-state index is 11.4. The van der Waals surface area contributed by atoms with Crippen LogP contribution in [0.4, 0.5) is 11.4 Å². The van der Waals surface area contributed by atoms with Crippen LogP contribution in [-0.2, 0) is 9.53 Å². The van der Waals surface area contributed by atoms with Gasteiger partial charge in [0.15, 0.2) is 0 Å². The molecule has 7 nitrogen and oxygen atoms in total. The Morgan fingerprint density at radius 3 is 2.50 bits per heavy atom. The molecule has 0 spiro atoms. The van der Waals surface area contributed by atoms with Gasteiger partial charge in [-0.25, -0.2) is 9.97 Å². The fourth-order valence-electron chi connectivity index (χ4n) is 4.63. The van der Waals surface area contributed by atoms with E-state index in [1.165, 1.54) is 5.56 Å². The van der Waals surface area contributed by atoms with Crippen LogP contribution in [0.2, 0.25) is 0 Å². The first kappa shape index (κ1) is 24.0. The van der Waals surface area contributed by atoms with Crippen molar-refractivity contribution in [3.63, 3.8) is 0 Å². The van der Waals surface area contributed by atoms with Gasteiger partial charge in [-0.1, -0.05) is 26.0 Å². The zero-order valence-electron chi connectivity index (χ0n) is 19.3. The molecule has 7 heteroatoms. The maximum absolute atomic E-state index is 11.4. The lowest BCUT2D eigenvalue weighted by Gasteiger charge is -2.32. The third-order valence-corrected chi connectivity index (χ3v) is 6.32. The Labute approximate surface area is 190 Å². The third-order valence-electron chi connectivity index (χ3n) is 6.32. The molecule has 0 radical (unpaired) electrons. The summed E-state index contributed by atoms with van der Waals surface area (Å²) in [6, 6.07) is 6.76. The zero-order valence-corrected chi connectivity index (χ0v) is 19.3. The lowest BCUT2D eigenvalue weighted by atomic mass is 9.78. The van der Waals surface area contributed by atoms with Crippen LogP contribution in [0.1, 0.15) is 75.8 Å². The summed E-state index contributed by atoms with van der Waals surface area (Å²) in [7, 11) is 0. The van der Waals surface area contributed by atoms with Gasteiger partial charge in [-0.3, -0.25) is 4.79 Å². The second kappa shape index (κ2) is 11.8. The number of hydrogen-bond acceptors (Lipinski definition) is 6. The lowest BCUT2D eigenvalue weighted by molar-refractivity contribution is -0.137. The first-order valence-electron chi connectivity index (χ1n) is 11.7. The Kier molecular flexibility index (Phi) is 8.85. The molecule has 2 heterocycles. The van der Waals surface area contributed by atoms with Gasteiger partial charge in [0.2, 0.25) is 0 Å². The summed E-state index contributed by atoms with van der Waals surface area (Å²) in [5, 5.41) is 12.9. The molecular formula is C25H35N3O4. The summed E-state index contributed by atoms with van der Waals surface area (Å²) < 4.78 is 10.9. The summed E-state index contributed by atoms with van der Waals surface area (Å²) in [6.07, 6.45) is 7.49. The number of aromatic nitrogens is 2. The molecule has 0 bridgehead atoms. The minimum Gasteiger partial charge on any atom is -0.481 e. The van der Waals surface area contributed by atoms with Gasteiger partial charge in [0.25, 0.3) is 0 Å². The highest BCUT2D eigenvalue weighted by atomic mass is 16.5. The van der Waals surface area contributed by atoms with Crippen LogP contribution >= 0.6 is 0 Å². The number of nitrogens with zero attached hydrogens (tertiary/aromatic N) is 2. The zero-order chi connectivity index (χ0) is 22.9. The highest BCUT2D eigenvalue weighted by Crippen LogP contribution is 2.40. The van der Waals surface area contributed by atoms with Crippen LogP contribution < -0.4 is 10.1 Å². The molecular weight excluding hydrogens is 406 g/mol. The fraction of sp³-hybridized carbons (Fsp3) is 0.560. The lowest BCUT2D eigenvalue weighted by Crippen LogP contribution is -2.22. The van der Waals surface area contributed by atoms with Crippen molar-refractivity contribution in [2.75, 3.05) is 25.1 Å². The van der Waals surface area contributed by atoms with Crippen molar-refractivity contribution in [3.8, 4) is 6.01 Å². The van der Waals surface area contributed by atoms with Crippen molar-refractivity contribution in [3.05, 3.63) is 41.7 Å². The minimum atomic E-state index is -0.774. The van der Waals surface area contributed by atoms with E-state index in [4.69, 9.17) is 9.47 Å². The Bertz CT molecular complexity index is 866. The molecule has 0 saturated carbocycles. The molecule has 1 saturated heterocycles. The first-order valence-corrected chi connectivity index (χ1v) is 11.7. The van der Waals surface area contributed by atoms with Gasteiger partial charge in [0.05, 0.1) is 31.1 Å². The van der Waals surface area contributed by atoms with Gasteiger partial charge >= 0.3 is 12.0 Å². The average molecular weight is 442 g/mol. The van der Waals surface area contributed by atoms with Crippen molar-refractivity contribution in [1.82, 2.24) is 9.97 Å². The molecule has 3 rings (SSSR count). The normalized spacial score (nSPS) is 16.3. The molecule has 1 aromatic heterocycles. The van der Waals surface area contributed by atoms with Crippen LogP contribution in [0.3, 0.4) is 0 Å². The number of carboxylic acid groups (broad SMARTS) is 1. The van der Waals surface area contributed by atoms with Gasteiger partial charge in [-0.2, -0.15) is 0 Å². The van der Waals surface area contributed by atoms with Crippen LogP contribution in [0.15, 0.2) is 30.6 Å².